The van der Waals surface area contributed by atoms with E-state index in [2.05, 4.69) is 25.2 Å². The van der Waals surface area contributed by atoms with Gasteiger partial charge in [-0.3, -0.25) is 9.69 Å². The molecule has 1 atom stereocenters. The van der Waals surface area contributed by atoms with Crippen LogP contribution in [-0.2, 0) is 17.3 Å². The summed E-state index contributed by atoms with van der Waals surface area (Å²) in [4.78, 5) is 29.4. The van der Waals surface area contributed by atoms with Crippen LogP contribution in [0, 0.1) is 0 Å². The number of nitrogens with zero attached hydrogens (tertiary/aromatic N) is 4. The summed E-state index contributed by atoms with van der Waals surface area (Å²) in [6.07, 6.45) is -0.390. The van der Waals surface area contributed by atoms with Crippen molar-refractivity contribution < 1.29 is 27.4 Å². The molecule has 4 aliphatic rings. The van der Waals surface area contributed by atoms with Gasteiger partial charge in [0, 0.05) is 61.9 Å². The largest absolute Gasteiger partial charge is 0.491 e. The van der Waals surface area contributed by atoms with Crippen molar-refractivity contribution in [2.75, 3.05) is 51.3 Å². The third-order valence-corrected chi connectivity index (χ3v) is 8.18. The van der Waals surface area contributed by atoms with Gasteiger partial charge >= 0.3 is 6.18 Å². The van der Waals surface area contributed by atoms with E-state index in [9.17, 15) is 18.0 Å². The van der Waals surface area contributed by atoms with Crippen molar-refractivity contribution in [2.24, 2.45) is 0 Å². The molecule has 2 aromatic heterocycles. The maximum Gasteiger partial charge on any atom is 0.418 e. The summed E-state index contributed by atoms with van der Waals surface area (Å²) in [5.41, 5.74) is 1.87. The molecule has 12 heteroatoms. The number of aromatic amines is 1. The smallest absolute Gasteiger partial charge is 0.418 e. The molecule has 9 nitrogen and oxygen atoms in total. The van der Waals surface area contributed by atoms with Gasteiger partial charge in [0.25, 0.3) is 5.91 Å². The maximum absolute atomic E-state index is 13.6. The van der Waals surface area contributed by atoms with Crippen LogP contribution in [0.4, 0.5) is 24.8 Å². The number of hydrogen-bond acceptors (Lipinski definition) is 7. The van der Waals surface area contributed by atoms with Gasteiger partial charge < -0.3 is 24.7 Å². The minimum absolute atomic E-state index is 0.00110. The van der Waals surface area contributed by atoms with Gasteiger partial charge in [-0.2, -0.15) is 18.2 Å². The molecular formula is C27H29F3N6O3. The maximum atomic E-state index is 13.6. The summed E-state index contributed by atoms with van der Waals surface area (Å²) in [6, 6.07) is 3.92. The summed E-state index contributed by atoms with van der Waals surface area (Å²) in [5, 5.41) is 3.20. The predicted octanol–water partition coefficient (Wildman–Crippen LogP) is 4.08. The first kappa shape index (κ1) is 24.6. The van der Waals surface area contributed by atoms with E-state index < -0.39 is 11.7 Å². The van der Waals surface area contributed by atoms with E-state index in [0.717, 1.165) is 57.3 Å². The number of carbonyl (C=O) groups is 1. The standard InChI is InChI=1S/C27H29F3N6O3/c28-27(29,30)19-13-31-24-21(19)22(15-1-2-15)33-26(34-24)32-20-4-3-18(17-6-10-39-23(17)20)25(37)36-7-5-16(14-36)35-8-11-38-12-9-35/h3-4,13,15-16H,1-2,5-12,14H2,(H2,31,32,33,34)/t16-/m0/s1. The molecule has 1 amide bonds. The molecule has 3 aromatic rings. The Hall–Kier alpha value is -3.38. The van der Waals surface area contributed by atoms with Gasteiger partial charge in [-0.05, 0) is 31.4 Å². The highest BCUT2D eigenvalue weighted by Crippen LogP contribution is 2.46. The number of nitrogens with one attached hydrogen (secondary N) is 2. The number of likely N-dealkylation sites (tertiary alicyclic amines) is 1. The lowest BCUT2D eigenvalue weighted by Crippen LogP contribution is -2.45. The Morgan fingerprint density at radius 1 is 1.08 bits per heavy atom. The highest BCUT2D eigenvalue weighted by atomic mass is 19.4. The monoisotopic (exact) mass is 542 g/mol. The number of fused-ring (bicyclic) bond motifs is 2. The molecule has 3 aliphatic heterocycles. The molecule has 1 aliphatic carbocycles. The third-order valence-electron chi connectivity index (χ3n) is 8.18. The van der Waals surface area contributed by atoms with Crippen LogP contribution >= 0.6 is 0 Å². The van der Waals surface area contributed by atoms with Crippen LogP contribution in [0.5, 0.6) is 5.75 Å². The lowest BCUT2D eigenvalue weighted by Gasteiger charge is -2.32. The number of aromatic nitrogens is 3. The topological polar surface area (TPSA) is 95.6 Å². The first-order chi connectivity index (χ1) is 18.9. The summed E-state index contributed by atoms with van der Waals surface area (Å²) in [5.74, 6) is 0.754. The number of H-pyrrole nitrogens is 1. The van der Waals surface area contributed by atoms with Gasteiger partial charge in [0.2, 0.25) is 5.95 Å². The normalized spacial score (nSPS) is 21.8. The summed E-state index contributed by atoms with van der Waals surface area (Å²) < 4.78 is 52.2. The molecular weight excluding hydrogens is 513 g/mol. The van der Waals surface area contributed by atoms with E-state index in [1.54, 1.807) is 12.1 Å². The average Bonchev–Trinajstić information content (AvgIpc) is 3.31. The van der Waals surface area contributed by atoms with Crippen LogP contribution in [0.2, 0.25) is 0 Å². The second kappa shape index (κ2) is 9.37. The molecule has 5 heterocycles. The van der Waals surface area contributed by atoms with Crippen molar-refractivity contribution >= 4 is 28.6 Å². The van der Waals surface area contributed by atoms with Gasteiger partial charge in [-0.1, -0.05) is 0 Å². The number of anilines is 2. The Bertz CT molecular complexity index is 1430. The van der Waals surface area contributed by atoms with E-state index >= 15 is 0 Å². The number of carbonyl (C=O) groups excluding carboxylic acids is 1. The van der Waals surface area contributed by atoms with Crippen LogP contribution in [0.15, 0.2) is 18.3 Å². The Morgan fingerprint density at radius 2 is 1.90 bits per heavy atom. The number of morpholine rings is 1. The van der Waals surface area contributed by atoms with Crippen molar-refractivity contribution in [1.29, 1.82) is 0 Å². The molecule has 206 valence electrons. The average molecular weight is 543 g/mol. The lowest BCUT2D eigenvalue weighted by molar-refractivity contribution is -0.136. The minimum Gasteiger partial charge on any atom is -0.491 e. The van der Waals surface area contributed by atoms with Crippen LogP contribution in [0.3, 0.4) is 0 Å². The van der Waals surface area contributed by atoms with Gasteiger partial charge in [-0.25, -0.2) is 4.98 Å². The number of amides is 1. The number of halogens is 3. The quantitative estimate of drug-likeness (QED) is 0.502. The molecule has 0 spiro atoms. The highest BCUT2D eigenvalue weighted by molar-refractivity contribution is 5.98. The molecule has 0 unspecified atom stereocenters. The molecule has 2 N–H and O–H groups in total. The van der Waals surface area contributed by atoms with E-state index in [-0.39, 0.29) is 28.8 Å². The Balaban J connectivity index is 1.15. The van der Waals surface area contributed by atoms with Gasteiger partial charge in [0.1, 0.15) is 11.4 Å². The molecule has 3 fully saturated rings. The number of ether oxygens (including phenoxy) is 2. The zero-order valence-electron chi connectivity index (χ0n) is 21.3. The van der Waals surface area contributed by atoms with Crippen molar-refractivity contribution in [2.45, 2.75) is 43.8 Å². The number of benzene rings is 1. The molecule has 0 radical (unpaired) electrons. The summed E-state index contributed by atoms with van der Waals surface area (Å²) in [6.45, 7) is 5.11. The number of rotatable bonds is 5. The fourth-order valence-corrected chi connectivity index (χ4v) is 6.05. The second-order valence-corrected chi connectivity index (χ2v) is 10.7. The van der Waals surface area contributed by atoms with Crippen molar-refractivity contribution in [3.8, 4) is 5.75 Å². The molecule has 1 saturated carbocycles. The van der Waals surface area contributed by atoms with Gasteiger partial charge in [-0.15, -0.1) is 0 Å². The van der Waals surface area contributed by atoms with E-state index in [1.165, 1.54) is 0 Å². The predicted molar refractivity (Wildman–Crippen MR) is 136 cm³/mol. The number of hydrogen-bond donors (Lipinski definition) is 2. The fraction of sp³-hybridized carbons (Fsp3) is 0.519. The van der Waals surface area contributed by atoms with Crippen molar-refractivity contribution in [3.05, 3.63) is 40.7 Å². The summed E-state index contributed by atoms with van der Waals surface area (Å²) in [7, 11) is 0. The van der Waals surface area contributed by atoms with Crippen LogP contribution in [0.25, 0.3) is 11.0 Å². The van der Waals surface area contributed by atoms with Gasteiger partial charge in [0.05, 0.1) is 42.2 Å². The molecule has 0 bridgehead atoms. The second-order valence-electron chi connectivity index (χ2n) is 10.7. The molecule has 7 rings (SSSR count). The van der Waals surface area contributed by atoms with Crippen LogP contribution in [0.1, 0.15) is 52.4 Å². The van der Waals surface area contributed by atoms with Gasteiger partial charge in [0.15, 0.2) is 0 Å². The number of alkyl halides is 3. The van der Waals surface area contributed by atoms with Crippen molar-refractivity contribution in [1.82, 2.24) is 24.8 Å². The fourth-order valence-electron chi connectivity index (χ4n) is 6.05. The third kappa shape index (κ3) is 4.49. The summed E-state index contributed by atoms with van der Waals surface area (Å²) >= 11 is 0. The minimum atomic E-state index is -4.49. The Labute approximate surface area is 222 Å². The molecule has 2 saturated heterocycles. The lowest BCUT2D eigenvalue weighted by atomic mass is 10.0. The Morgan fingerprint density at radius 3 is 2.67 bits per heavy atom. The van der Waals surface area contributed by atoms with Crippen LogP contribution < -0.4 is 10.1 Å². The Kier molecular flexibility index (Phi) is 5.92. The molecule has 1 aromatic carbocycles. The zero-order valence-corrected chi connectivity index (χ0v) is 21.3. The zero-order chi connectivity index (χ0) is 26.7. The first-order valence-electron chi connectivity index (χ1n) is 13.5. The van der Waals surface area contributed by atoms with Crippen LogP contribution in [-0.4, -0.2) is 82.7 Å². The van der Waals surface area contributed by atoms with E-state index in [1.807, 2.05) is 4.90 Å². The molecule has 39 heavy (non-hydrogen) atoms. The highest BCUT2D eigenvalue weighted by Gasteiger charge is 2.39. The van der Waals surface area contributed by atoms with E-state index in [4.69, 9.17) is 9.47 Å². The first-order valence-corrected chi connectivity index (χ1v) is 13.5. The van der Waals surface area contributed by atoms with Crippen molar-refractivity contribution in [3.63, 3.8) is 0 Å². The van der Waals surface area contributed by atoms with E-state index in [0.29, 0.717) is 54.9 Å². The SMILES string of the molecule is O=C(c1ccc(Nc2nc(C3CC3)c3c(C(F)(F)F)c[nH]c3n2)c2c1CCO2)N1CC[C@H](N2CCOCC2)C1.